The molecule has 0 heterocycles. The fourth-order valence-corrected chi connectivity index (χ4v) is 1.95. The summed E-state index contributed by atoms with van der Waals surface area (Å²) in [7, 11) is 3.08. The third-order valence-corrected chi connectivity index (χ3v) is 3.25. The SMILES string of the molecule is COc1ccc([O-])c(C=NCCN=Cc2cc(OC)ccc2[O-])c1.[Cl-].[Mn+3]. The Morgan fingerprint density at radius 2 is 1.19 bits per heavy atom. The normalized spacial score (nSPS) is 10.4. The average molecular weight is 417 g/mol. The molecule has 2 aromatic rings. The molecule has 0 fully saturated rings. The van der Waals surface area contributed by atoms with Crippen LogP contribution in [0.4, 0.5) is 0 Å². The smallest absolute Gasteiger partial charge is 1.00 e. The van der Waals surface area contributed by atoms with Crippen LogP contribution in [0.15, 0.2) is 46.4 Å². The van der Waals surface area contributed by atoms with Crippen LogP contribution in [0.1, 0.15) is 11.1 Å². The number of hydrogen-bond acceptors (Lipinski definition) is 6. The molecule has 8 heteroatoms. The third kappa shape index (κ3) is 6.96. The van der Waals surface area contributed by atoms with Crippen LogP contribution in [0.2, 0.25) is 0 Å². The number of halogens is 1. The van der Waals surface area contributed by atoms with E-state index in [9.17, 15) is 10.2 Å². The monoisotopic (exact) mass is 416 g/mol. The van der Waals surface area contributed by atoms with E-state index in [1.54, 1.807) is 24.3 Å². The third-order valence-electron chi connectivity index (χ3n) is 3.25. The fraction of sp³-hybridized carbons (Fsp3) is 0.222. The van der Waals surface area contributed by atoms with Crippen molar-refractivity contribution in [3.8, 4) is 23.0 Å². The molecule has 2 aromatic carbocycles. The standard InChI is InChI=1S/C18H20N2O4.ClH.Mn/c1-23-15-3-5-17(21)13(9-15)11-19-7-8-20-12-14-10-16(24-2)4-6-18(14)22;;/h3-6,9-12,21-22H,7-8H2,1-2H3;1H;/q;;+3/p-3. The summed E-state index contributed by atoms with van der Waals surface area (Å²) in [6.45, 7) is 0.816. The summed E-state index contributed by atoms with van der Waals surface area (Å²) in [5, 5.41) is 23.3. The number of nitrogens with zero attached hydrogens (tertiary/aromatic N) is 2. The molecular formula is C18H18ClMnN2O4. The molecule has 0 N–H and O–H groups in total. The molecule has 0 unspecified atom stereocenters. The Bertz CT molecular complexity index is 690. The van der Waals surface area contributed by atoms with Crippen LogP contribution in [-0.4, -0.2) is 39.7 Å². The van der Waals surface area contributed by atoms with Gasteiger partial charge in [-0.2, -0.15) is 0 Å². The molecule has 138 valence electrons. The molecular weight excluding hydrogens is 399 g/mol. The van der Waals surface area contributed by atoms with Crippen molar-refractivity contribution in [3.63, 3.8) is 0 Å². The Morgan fingerprint density at radius 1 is 0.808 bits per heavy atom. The van der Waals surface area contributed by atoms with Crippen molar-refractivity contribution < 1.29 is 49.2 Å². The maximum absolute atomic E-state index is 11.7. The van der Waals surface area contributed by atoms with E-state index in [4.69, 9.17) is 9.47 Å². The summed E-state index contributed by atoms with van der Waals surface area (Å²) in [6, 6.07) is 9.37. The van der Waals surface area contributed by atoms with E-state index in [2.05, 4.69) is 9.98 Å². The van der Waals surface area contributed by atoms with Crippen molar-refractivity contribution in [1.29, 1.82) is 0 Å². The Hall–Kier alpha value is -2.21. The summed E-state index contributed by atoms with van der Waals surface area (Å²) in [6.07, 6.45) is 3.01. The Kier molecular flexibility index (Phi) is 11.2. The van der Waals surface area contributed by atoms with Crippen molar-refractivity contribution in [2.24, 2.45) is 9.98 Å². The Morgan fingerprint density at radius 3 is 1.54 bits per heavy atom. The molecule has 0 aliphatic heterocycles. The second kappa shape index (κ2) is 12.2. The zero-order chi connectivity index (χ0) is 17.4. The number of aliphatic imine (C=N–C) groups is 2. The number of rotatable bonds is 7. The molecule has 0 spiro atoms. The van der Waals surface area contributed by atoms with Crippen LogP contribution in [0.25, 0.3) is 0 Å². The van der Waals surface area contributed by atoms with E-state index in [0.717, 1.165) is 0 Å². The molecule has 26 heavy (non-hydrogen) atoms. The first-order valence-electron chi connectivity index (χ1n) is 7.34. The minimum absolute atomic E-state index is 0. The maximum Gasteiger partial charge on any atom is 3.00 e. The van der Waals surface area contributed by atoms with Crippen LogP contribution in [-0.2, 0) is 17.1 Å². The number of hydrogen-bond donors (Lipinski definition) is 0. The molecule has 2 rings (SSSR count). The van der Waals surface area contributed by atoms with Gasteiger partial charge in [-0.1, -0.05) is 23.6 Å². The van der Waals surface area contributed by atoms with Crippen LogP contribution in [0.5, 0.6) is 23.0 Å². The molecule has 0 aliphatic rings. The van der Waals surface area contributed by atoms with Crippen LogP contribution >= 0.6 is 0 Å². The topological polar surface area (TPSA) is 89.3 Å². The van der Waals surface area contributed by atoms with Gasteiger partial charge in [0, 0.05) is 12.4 Å². The molecule has 0 aliphatic carbocycles. The number of benzene rings is 2. The summed E-state index contributed by atoms with van der Waals surface area (Å²) in [4.78, 5) is 8.34. The largest absolute Gasteiger partial charge is 3.00 e. The second-order valence-electron chi connectivity index (χ2n) is 4.88. The second-order valence-corrected chi connectivity index (χ2v) is 4.88. The average Bonchev–Trinajstić information content (AvgIpc) is 2.60. The molecule has 0 bridgehead atoms. The van der Waals surface area contributed by atoms with Gasteiger partial charge in [0.15, 0.2) is 0 Å². The molecule has 6 nitrogen and oxygen atoms in total. The minimum Gasteiger partial charge on any atom is -1.00 e. The summed E-state index contributed by atoms with van der Waals surface area (Å²) in [5.74, 6) is 0.982. The van der Waals surface area contributed by atoms with Crippen molar-refractivity contribution in [2.75, 3.05) is 27.3 Å². The molecule has 0 aromatic heterocycles. The predicted molar refractivity (Wildman–Crippen MR) is 89.8 cm³/mol. The van der Waals surface area contributed by atoms with Crippen molar-refractivity contribution >= 4 is 12.4 Å². The van der Waals surface area contributed by atoms with Gasteiger partial charge in [0.2, 0.25) is 0 Å². The van der Waals surface area contributed by atoms with E-state index < -0.39 is 0 Å². The van der Waals surface area contributed by atoms with E-state index in [-0.39, 0.29) is 41.0 Å². The summed E-state index contributed by atoms with van der Waals surface area (Å²) < 4.78 is 10.1. The van der Waals surface area contributed by atoms with Gasteiger partial charge >= 0.3 is 17.1 Å². The molecule has 0 saturated carbocycles. The summed E-state index contributed by atoms with van der Waals surface area (Å²) in [5.41, 5.74) is 0.931. The number of ether oxygens (including phenoxy) is 2. The zero-order valence-corrected chi connectivity index (χ0v) is 16.3. The van der Waals surface area contributed by atoms with Crippen LogP contribution in [0, 0.1) is 0 Å². The molecule has 0 radical (unpaired) electrons. The van der Waals surface area contributed by atoms with E-state index in [1.807, 2.05) is 0 Å². The van der Waals surface area contributed by atoms with Gasteiger partial charge in [0.1, 0.15) is 11.5 Å². The van der Waals surface area contributed by atoms with Crippen molar-refractivity contribution in [3.05, 3.63) is 47.5 Å². The van der Waals surface area contributed by atoms with E-state index in [1.165, 1.54) is 38.8 Å². The first-order valence-corrected chi connectivity index (χ1v) is 7.34. The molecule has 0 atom stereocenters. The van der Waals surface area contributed by atoms with Gasteiger partial charge in [0.05, 0.1) is 27.3 Å². The first kappa shape index (κ1) is 23.8. The van der Waals surface area contributed by atoms with Crippen molar-refractivity contribution in [2.45, 2.75) is 0 Å². The van der Waals surface area contributed by atoms with Gasteiger partial charge in [-0.25, -0.2) is 0 Å². The van der Waals surface area contributed by atoms with Crippen LogP contribution < -0.4 is 32.1 Å². The molecule has 0 amide bonds. The van der Waals surface area contributed by atoms with Gasteiger partial charge in [0.25, 0.3) is 0 Å². The fourth-order valence-electron chi connectivity index (χ4n) is 1.95. The summed E-state index contributed by atoms with van der Waals surface area (Å²) >= 11 is 0. The predicted octanol–water partition coefficient (Wildman–Crippen LogP) is -1.61. The number of methoxy groups -OCH3 is 2. The maximum atomic E-state index is 11.7. The zero-order valence-electron chi connectivity index (χ0n) is 14.3. The van der Waals surface area contributed by atoms with E-state index in [0.29, 0.717) is 35.7 Å². The van der Waals surface area contributed by atoms with Crippen molar-refractivity contribution in [1.82, 2.24) is 0 Å². The first-order chi connectivity index (χ1) is 11.6. The minimum atomic E-state index is -0.115. The van der Waals surface area contributed by atoms with Gasteiger partial charge in [-0.3, -0.25) is 9.98 Å². The molecule has 0 saturated heterocycles. The Balaban J connectivity index is 0.00000312. The van der Waals surface area contributed by atoms with Crippen LogP contribution in [0.3, 0.4) is 0 Å². The van der Waals surface area contributed by atoms with Gasteiger partial charge < -0.3 is 32.1 Å². The van der Waals surface area contributed by atoms with Gasteiger partial charge in [-0.05, 0) is 35.4 Å². The Labute approximate surface area is 169 Å². The van der Waals surface area contributed by atoms with E-state index >= 15 is 0 Å². The quantitative estimate of drug-likeness (QED) is 0.309. The van der Waals surface area contributed by atoms with Gasteiger partial charge in [-0.15, -0.1) is 0 Å².